The predicted molar refractivity (Wildman–Crippen MR) is 65.7 cm³/mol. The number of Topliss-reactive ketones (excluding diaryl/α,β-unsaturated/α-hetero) is 1. The Bertz CT molecular complexity index is 373. The molecule has 0 radical (unpaired) electrons. The number of alkyl halides is 1. The van der Waals surface area contributed by atoms with Crippen molar-refractivity contribution in [2.75, 3.05) is 5.33 Å². The van der Waals surface area contributed by atoms with Gasteiger partial charge in [-0.25, -0.2) is 0 Å². The average molecular weight is 267 g/mol. The molecular formula is C13H15BrO. The van der Waals surface area contributed by atoms with Crippen LogP contribution in [0.5, 0.6) is 0 Å². The summed E-state index contributed by atoms with van der Waals surface area (Å²) in [5.41, 5.74) is 2.18. The number of benzene rings is 1. The summed E-state index contributed by atoms with van der Waals surface area (Å²) in [5.74, 6) is 0.928. The fourth-order valence-electron chi connectivity index (χ4n) is 2.48. The van der Waals surface area contributed by atoms with Gasteiger partial charge >= 0.3 is 0 Å². The molecule has 1 aromatic carbocycles. The molecular weight excluding hydrogens is 252 g/mol. The molecule has 2 rings (SSSR count). The molecule has 15 heavy (non-hydrogen) atoms. The normalized spacial score (nSPS) is 24.3. The van der Waals surface area contributed by atoms with E-state index in [2.05, 4.69) is 28.9 Å². The maximum atomic E-state index is 12.1. The summed E-state index contributed by atoms with van der Waals surface area (Å²) >= 11 is 3.53. The molecule has 0 saturated heterocycles. The number of rotatable bonds is 3. The maximum absolute atomic E-state index is 12.1. The molecule has 0 bridgehead atoms. The molecule has 1 aromatic rings. The van der Waals surface area contributed by atoms with Crippen LogP contribution >= 0.6 is 15.9 Å². The standard InChI is InChI=1S/C13H15BrO/c1-2-5-10-12(8-14)9-6-3-4-7-11(9)13(10)15/h3-4,6-7,10,12H,2,5,8H2,1H3/t10-,12+/m1/s1. The van der Waals surface area contributed by atoms with Crippen LogP contribution in [-0.2, 0) is 0 Å². The van der Waals surface area contributed by atoms with Crippen molar-refractivity contribution in [2.45, 2.75) is 25.7 Å². The van der Waals surface area contributed by atoms with Crippen molar-refractivity contribution >= 4 is 21.7 Å². The number of carbonyl (C=O) groups is 1. The van der Waals surface area contributed by atoms with E-state index in [0.717, 1.165) is 23.7 Å². The number of hydrogen-bond acceptors (Lipinski definition) is 1. The zero-order chi connectivity index (χ0) is 10.8. The molecule has 1 aliphatic rings. The van der Waals surface area contributed by atoms with Crippen LogP contribution in [0.25, 0.3) is 0 Å². The Hall–Kier alpha value is -0.630. The van der Waals surface area contributed by atoms with Crippen molar-refractivity contribution in [3.63, 3.8) is 0 Å². The summed E-state index contributed by atoms with van der Waals surface area (Å²) in [5, 5.41) is 0.889. The van der Waals surface area contributed by atoms with Crippen LogP contribution < -0.4 is 0 Å². The highest BCUT2D eigenvalue weighted by Gasteiger charge is 2.37. The third kappa shape index (κ3) is 1.76. The number of halogens is 1. The molecule has 0 fully saturated rings. The first kappa shape index (κ1) is 10.9. The first-order chi connectivity index (χ1) is 7.29. The van der Waals surface area contributed by atoms with E-state index in [4.69, 9.17) is 0 Å². The Morgan fingerprint density at radius 3 is 2.67 bits per heavy atom. The van der Waals surface area contributed by atoms with E-state index in [1.165, 1.54) is 5.56 Å². The highest BCUT2D eigenvalue weighted by Crippen LogP contribution is 2.40. The predicted octanol–water partition coefficient (Wildman–Crippen LogP) is 3.78. The van der Waals surface area contributed by atoms with E-state index in [1.54, 1.807) is 0 Å². The second-order valence-electron chi connectivity index (χ2n) is 4.11. The summed E-state index contributed by atoms with van der Waals surface area (Å²) in [4.78, 5) is 12.1. The van der Waals surface area contributed by atoms with Gasteiger partial charge in [-0.3, -0.25) is 4.79 Å². The number of carbonyl (C=O) groups excluding carboxylic acids is 1. The minimum Gasteiger partial charge on any atom is -0.294 e. The zero-order valence-electron chi connectivity index (χ0n) is 8.87. The van der Waals surface area contributed by atoms with Crippen molar-refractivity contribution in [2.24, 2.45) is 5.92 Å². The second-order valence-corrected chi connectivity index (χ2v) is 4.75. The van der Waals surface area contributed by atoms with Crippen molar-refractivity contribution in [3.05, 3.63) is 35.4 Å². The SMILES string of the molecule is CCC[C@H]1C(=O)c2ccccc2[C@@H]1CBr. The molecule has 2 heteroatoms. The lowest BCUT2D eigenvalue weighted by Gasteiger charge is -2.15. The van der Waals surface area contributed by atoms with Crippen LogP contribution in [0.4, 0.5) is 0 Å². The largest absolute Gasteiger partial charge is 0.294 e. The Kier molecular flexibility index (Phi) is 3.25. The maximum Gasteiger partial charge on any atom is 0.166 e. The lowest BCUT2D eigenvalue weighted by atomic mass is 9.90. The summed E-state index contributed by atoms with van der Waals surface area (Å²) in [7, 11) is 0. The summed E-state index contributed by atoms with van der Waals surface area (Å²) < 4.78 is 0. The Morgan fingerprint density at radius 1 is 1.27 bits per heavy atom. The molecule has 0 spiro atoms. The molecule has 0 amide bonds. The molecule has 0 N–H and O–H groups in total. The third-order valence-electron chi connectivity index (χ3n) is 3.21. The summed E-state index contributed by atoms with van der Waals surface area (Å²) in [6.07, 6.45) is 2.08. The van der Waals surface area contributed by atoms with Gasteiger partial charge in [0, 0.05) is 22.7 Å². The van der Waals surface area contributed by atoms with E-state index in [-0.39, 0.29) is 5.92 Å². The molecule has 2 atom stereocenters. The van der Waals surface area contributed by atoms with E-state index >= 15 is 0 Å². The van der Waals surface area contributed by atoms with Crippen molar-refractivity contribution < 1.29 is 4.79 Å². The van der Waals surface area contributed by atoms with E-state index in [9.17, 15) is 4.79 Å². The summed E-state index contributed by atoms with van der Waals surface area (Å²) in [6.45, 7) is 2.14. The van der Waals surface area contributed by atoms with Crippen LogP contribution in [0.15, 0.2) is 24.3 Å². The quantitative estimate of drug-likeness (QED) is 0.762. The minimum absolute atomic E-state index is 0.201. The van der Waals surface area contributed by atoms with Crippen molar-refractivity contribution in [3.8, 4) is 0 Å². The Morgan fingerprint density at radius 2 is 2.00 bits per heavy atom. The van der Waals surface area contributed by atoms with Gasteiger partial charge < -0.3 is 0 Å². The van der Waals surface area contributed by atoms with Crippen molar-refractivity contribution in [1.82, 2.24) is 0 Å². The van der Waals surface area contributed by atoms with Gasteiger partial charge in [0.1, 0.15) is 0 Å². The van der Waals surface area contributed by atoms with Gasteiger partial charge in [-0.15, -0.1) is 0 Å². The summed E-state index contributed by atoms with van der Waals surface area (Å²) in [6, 6.07) is 8.03. The Balaban J connectivity index is 2.39. The number of fused-ring (bicyclic) bond motifs is 1. The highest BCUT2D eigenvalue weighted by molar-refractivity contribution is 9.09. The Labute approximate surface area is 99.0 Å². The van der Waals surface area contributed by atoms with Gasteiger partial charge in [0.25, 0.3) is 0 Å². The van der Waals surface area contributed by atoms with Crippen LogP contribution in [0, 0.1) is 5.92 Å². The third-order valence-corrected chi connectivity index (χ3v) is 3.91. The van der Waals surface area contributed by atoms with E-state index in [1.807, 2.05) is 18.2 Å². The fraction of sp³-hybridized carbons (Fsp3) is 0.462. The van der Waals surface area contributed by atoms with Gasteiger partial charge in [-0.2, -0.15) is 0 Å². The van der Waals surface area contributed by atoms with Crippen LogP contribution in [0.2, 0.25) is 0 Å². The minimum atomic E-state index is 0.201. The van der Waals surface area contributed by atoms with Gasteiger partial charge in [0.2, 0.25) is 0 Å². The van der Waals surface area contributed by atoms with E-state index in [0.29, 0.717) is 11.7 Å². The topological polar surface area (TPSA) is 17.1 Å². The van der Waals surface area contributed by atoms with Crippen molar-refractivity contribution in [1.29, 1.82) is 0 Å². The van der Waals surface area contributed by atoms with Gasteiger partial charge in [0.15, 0.2) is 5.78 Å². The fourth-order valence-corrected chi connectivity index (χ4v) is 3.28. The molecule has 0 aromatic heterocycles. The molecule has 80 valence electrons. The molecule has 1 nitrogen and oxygen atoms in total. The number of ketones is 1. The number of hydrogen-bond donors (Lipinski definition) is 0. The average Bonchev–Trinajstić information content (AvgIpc) is 2.54. The van der Waals surface area contributed by atoms with Crippen LogP contribution in [-0.4, -0.2) is 11.1 Å². The molecule has 0 aliphatic heterocycles. The zero-order valence-corrected chi connectivity index (χ0v) is 10.5. The van der Waals surface area contributed by atoms with Gasteiger partial charge in [-0.05, 0) is 12.0 Å². The highest BCUT2D eigenvalue weighted by atomic mass is 79.9. The first-order valence-corrected chi connectivity index (χ1v) is 6.60. The second kappa shape index (κ2) is 4.48. The lowest BCUT2D eigenvalue weighted by Crippen LogP contribution is -2.14. The smallest absolute Gasteiger partial charge is 0.166 e. The molecule has 0 heterocycles. The lowest BCUT2D eigenvalue weighted by molar-refractivity contribution is 0.0920. The monoisotopic (exact) mass is 266 g/mol. The van der Waals surface area contributed by atoms with Gasteiger partial charge in [-0.1, -0.05) is 53.5 Å². The molecule has 0 saturated carbocycles. The van der Waals surface area contributed by atoms with Crippen LogP contribution in [0.3, 0.4) is 0 Å². The van der Waals surface area contributed by atoms with Crippen LogP contribution in [0.1, 0.15) is 41.6 Å². The van der Waals surface area contributed by atoms with Gasteiger partial charge in [0.05, 0.1) is 0 Å². The first-order valence-electron chi connectivity index (χ1n) is 5.48. The molecule has 0 unspecified atom stereocenters. The molecule has 1 aliphatic carbocycles. The van der Waals surface area contributed by atoms with E-state index < -0.39 is 0 Å².